The Labute approximate surface area is 279 Å². The Morgan fingerprint density at radius 1 is 0.489 bits per heavy atom. The average molecular weight is 635 g/mol. The summed E-state index contributed by atoms with van der Waals surface area (Å²) in [4.78, 5) is 24.2. The molecule has 0 aliphatic rings. The van der Waals surface area contributed by atoms with Gasteiger partial charge in [0, 0.05) is 12.8 Å². The molecule has 0 heterocycles. The number of unbranched alkanes of at least 4 members (excludes halogenated alkanes) is 23. The van der Waals surface area contributed by atoms with Gasteiger partial charge >= 0.3 is 11.9 Å². The topological polar surface area (TPSA) is 72.8 Å². The summed E-state index contributed by atoms with van der Waals surface area (Å²) in [6, 6.07) is 0. The molecule has 0 aromatic heterocycles. The lowest BCUT2D eigenvalue weighted by molar-refractivity contribution is -0.161. The van der Waals surface area contributed by atoms with Crippen molar-refractivity contribution in [2.45, 2.75) is 206 Å². The number of aliphatic hydroxyl groups is 1. The summed E-state index contributed by atoms with van der Waals surface area (Å²) in [6.07, 6.45) is 42.3. The Morgan fingerprint density at radius 2 is 0.822 bits per heavy atom. The third-order valence-corrected chi connectivity index (χ3v) is 8.47. The van der Waals surface area contributed by atoms with Crippen molar-refractivity contribution < 1.29 is 24.2 Å². The van der Waals surface area contributed by atoms with Crippen LogP contribution in [-0.4, -0.2) is 36.4 Å². The standard InChI is InChI=1S/C40H74O5/c1-3-5-7-9-11-13-15-17-19-20-21-23-25-27-29-31-33-35-40(43)45-38(36-41)37-44-39(42)34-32-30-28-26-24-22-18-16-14-12-10-8-6-4-2/h16-19,38,41H,3-15,20-37H2,1-2H3/b18-16-,19-17-/t38-/m0/s1. The predicted molar refractivity (Wildman–Crippen MR) is 191 cm³/mol. The fraction of sp³-hybridized carbons (Fsp3) is 0.850. The number of esters is 2. The maximum atomic E-state index is 12.2. The lowest BCUT2D eigenvalue weighted by Gasteiger charge is -2.15. The van der Waals surface area contributed by atoms with E-state index in [9.17, 15) is 14.7 Å². The summed E-state index contributed by atoms with van der Waals surface area (Å²) in [6.45, 7) is 4.11. The monoisotopic (exact) mass is 635 g/mol. The first kappa shape index (κ1) is 43.4. The molecule has 0 amide bonds. The van der Waals surface area contributed by atoms with Crippen molar-refractivity contribution in [3.8, 4) is 0 Å². The molecule has 0 saturated carbocycles. The van der Waals surface area contributed by atoms with Crippen molar-refractivity contribution in [3.63, 3.8) is 0 Å². The lowest BCUT2D eigenvalue weighted by atomic mass is 10.1. The van der Waals surface area contributed by atoms with E-state index in [4.69, 9.17) is 9.47 Å². The van der Waals surface area contributed by atoms with Crippen LogP contribution in [0.2, 0.25) is 0 Å². The molecular weight excluding hydrogens is 560 g/mol. The van der Waals surface area contributed by atoms with E-state index in [0.29, 0.717) is 12.8 Å². The van der Waals surface area contributed by atoms with Crippen LogP contribution in [0.15, 0.2) is 24.3 Å². The van der Waals surface area contributed by atoms with Gasteiger partial charge in [-0.3, -0.25) is 9.59 Å². The highest BCUT2D eigenvalue weighted by Gasteiger charge is 2.16. The number of rotatable bonds is 35. The fourth-order valence-corrected chi connectivity index (χ4v) is 5.48. The third-order valence-electron chi connectivity index (χ3n) is 8.47. The minimum absolute atomic E-state index is 0.0692. The normalized spacial score (nSPS) is 12.3. The van der Waals surface area contributed by atoms with Gasteiger partial charge in [0.1, 0.15) is 6.61 Å². The minimum atomic E-state index is -0.773. The minimum Gasteiger partial charge on any atom is -0.462 e. The Hall–Kier alpha value is -1.62. The molecule has 0 radical (unpaired) electrons. The van der Waals surface area contributed by atoms with Gasteiger partial charge in [0.2, 0.25) is 0 Å². The zero-order valence-electron chi connectivity index (χ0n) is 29.9. The third kappa shape index (κ3) is 35.1. The molecular formula is C40H74O5. The molecule has 5 nitrogen and oxygen atoms in total. The van der Waals surface area contributed by atoms with Crippen molar-refractivity contribution in [2.75, 3.05) is 13.2 Å². The van der Waals surface area contributed by atoms with Crippen LogP contribution in [0, 0.1) is 0 Å². The highest BCUT2D eigenvalue weighted by Crippen LogP contribution is 2.13. The van der Waals surface area contributed by atoms with Crippen LogP contribution in [0.25, 0.3) is 0 Å². The molecule has 0 aliphatic heterocycles. The molecule has 0 rings (SSSR count). The highest BCUT2D eigenvalue weighted by atomic mass is 16.6. The summed E-state index contributed by atoms with van der Waals surface area (Å²) in [5, 5.41) is 9.54. The predicted octanol–water partition coefficient (Wildman–Crippen LogP) is 11.9. The van der Waals surface area contributed by atoms with Crippen LogP contribution in [0.1, 0.15) is 200 Å². The molecule has 1 atom stereocenters. The van der Waals surface area contributed by atoms with Crippen LogP contribution in [0.4, 0.5) is 0 Å². The smallest absolute Gasteiger partial charge is 0.306 e. The summed E-state index contributed by atoms with van der Waals surface area (Å²) in [5.74, 6) is -0.602. The van der Waals surface area contributed by atoms with Crippen LogP contribution in [0.3, 0.4) is 0 Å². The van der Waals surface area contributed by atoms with E-state index in [0.717, 1.165) is 44.9 Å². The second-order valence-electron chi connectivity index (χ2n) is 13.0. The zero-order valence-corrected chi connectivity index (χ0v) is 29.9. The van der Waals surface area contributed by atoms with Gasteiger partial charge in [-0.1, -0.05) is 147 Å². The zero-order chi connectivity index (χ0) is 32.9. The second kappa shape index (κ2) is 36.8. The molecule has 0 fully saturated rings. The number of carbonyl (C=O) groups excluding carboxylic acids is 2. The molecule has 0 aliphatic carbocycles. The second-order valence-corrected chi connectivity index (χ2v) is 13.0. The van der Waals surface area contributed by atoms with Crippen molar-refractivity contribution >= 4 is 11.9 Å². The highest BCUT2D eigenvalue weighted by molar-refractivity contribution is 5.70. The van der Waals surface area contributed by atoms with Gasteiger partial charge in [-0.05, 0) is 64.2 Å². The van der Waals surface area contributed by atoms with Gasteiger partial charge in [-0.15, -0.1) is 0 Å². The van der Waals surface area contributed by atoms with E-state index in [1.54, 1.807) is 0 Å². The molecule has 0 unspecified atom stereocenters. The first-order chi connectivity index (χ1) is 22.1. The molecule has 0 bridgehead atoms. The van der Waals surface area contributed by atoms with Crippen molar-refractivity contribution in [1.82, 2.24) is 0 Å². The SMILES string of the molecule is CCCCCCC/C=C\CCCCCCCC(=O)OC[C@H](CO)OC(=O)CCCCCCCCC/C=C\CCCCCCCC. The van der Waals surface area contributed by atoms with Gasteiger partial charge in [0.15, 0.2) is 6.10 Å². The first-order valence-electron chi connectivity index (χ1n) is 19.4. The number of hydrogen-bond acceptors (Lipinski definition) is 5. The molecule has 0 aromatic rings. The summed E-state index contributed by atoms with van der Waals surface area (Å²) in [5.41, 5.74) is 0. The molecule has 1 N–H and O–H groups in total. The maximum Gasteiger partial charge on any atom is 0.306 e. The van der Waals surface area contributed by atoms with Gasteiger partial charge in [-0.2, -0.15) is 0 Å². The van der Waals surface area contributed by atoms with Crippen LogP contribution < -0.4 is 0 Å². The molecule has 45 heavy (non-hydrogen) atoms. The quantitative estimate of drug-likeness (QED) is 0.0426. The number of carbonyl (C=O) groups is 2. The van der Waals surface area contributed by atoms with E-state index in [2.05, 4.69) is 38.2 Å². The number of hydrogen-bond donors (Lipinski definition) is 1. The van der Waals surface area contributed by atoms with Crippen molar-refractivity contribution in [2.24, 2.45) is 0 Å². The number of allylic oxidation sites excluding steroid dienone is 4. The van der Waals surface area contributed by atoms with Gasteiger partial charge in [-0.25, -0.2) is 0 Å². The molecule has 264 valence electrons. The van der Waals surface area contributed by atoms with E-state index < -0.39 is 6.10 Å². The Bertz CT molecular complexity index is 686. The largest absolute Gasteiger partial charge is 0.462 e. The van der Waals surface area contributed by atoms with Gasteiger partial charge in [0.05, 0.1) is 6.61 Å². The van der Waals surface area contributed by atoms with Crippen LogP contribution >= 0.6 is 0 Å². The Morgan fingerprint density at radius 3 is 1.20 bits per heavy atom. The van der Waals surface area contributed by atoms with E-state index >= 15 is 0 Å². The number of ether oxygens (including phenoxy) is 2. The summed E-state index contributed by atoms with van der Waals surface area (Å²) in [7, 11) is 0. The van der Waals surface area contributed by atoms with Crippen molar-refractivity contribution in [1.29, 1.82) is 0 Å². The van der Waals surface area contributed by atoms with Gasteiger partial charge in [0.25, 0.3) is 0 Å². The molecule has 0 aromatic carbocycles. The van der Waals surface area contributed by atoms with Gasteiger partial charge < -0.3 is 14.6 Å². The molecule has 0 saturated heterocycles. The Kier molecular flexibility index (Phi) is 35.5. The maximum absolute atomic E-state index is 12.2. The summed E-state index contributed by atoms with van der Waals surface area (Å²) < 4.78 is 10.6. The summed E-state index contributed by atoms with van der Waals surface area (Å²) >= 11 is 0. The molecule has 0 spiro atoms. The van der Waals surface area contributed by atoms with Crippen LogP contribution in [0.5, 0.6) is 0 Å². The van der Waals surface area contributed by atoms with E-state index in [-0.39, 0.29) is 25.2 Å². The number of aliphatic hydroxyl groups excluding tert-OH is 1. The Balaban J connectivity index is 3.56. The first-order valence-corrected chi connectivity index (χ1v) is 19.4. The average Bonchev–Trinajstić information content (AvgIpc) is 3.04. The van der Waals surface area contributed by atoms with E-state index in [1.807, 2.05) is 0 Å². The fourth-order valence-electron chi connectivity index (χ4n) is 5.48. The van der Waals surface area contributed by atoms with Crippen molar-refractivity contribution in [3.05, 3.63) is 24.3 Å². The van der Waals surface area contributed by atoms with E-state index in [1.165, 1.54) is 128 Å². The van der Waals surface area contributed by atoms with Crippen LogP contribution in [-0.2, 0) is 19.1 Å². The lowest BCUT2D eigenvalue weighted by Crippen LogP contribution is -2.28. The molecule has 5 heteroatoms.